The van der Waals surface area contributed by atoms with Crippen LogP contribution in [-0.2, 0) is 6.42 Å². The lowest BCUT2D eigenvalue weighted by Gasteiger charge is -2.05. The summed E-state index contributed by atoms with van der Waals surface area (Å²) in [6, 6.07) is 3.92. The fourth-order valence-corrected chi connectivity index (χ4v) is 3.19. The predicted octanol–water partition coefficient (Wildman–Crippen LogP) is 2.09. The van der Waals surface area contributed by atoms with Gasteiger partial charge in [-0.15, -0.1) is 0 Å². The maximum Gasteiger partial charge on any atom is 0.168 e. The number of pyridine rings is 1. The Balaban J connectivity index is 1.67. The van der Waals surface area contributed by atoms with Crippen molar-refractivity contribution in [1.29, 1.82) is 0 Å². The first-order chi connectivity index (χ1) is 13.2. The van der Waals surface area contributed by atoms with Gasteiger partial charge in [0.15, 0.2) is 17.3 Å². The van der Waals surface area contributed by atoms with Crippen molar-refractivity contribution >= 4 is 5.65 Å². The molecule has 1 aliphatic rings. The molecule has 0 amide bonds. The molecule has 4 heterocycles. The van der Waals surface area contributed by atoms with E-state index in [0.29, 0.717) is 12.3 Å². The Morgan fingerprint density at radius 3 is 2.89 bits per heavy atom. The third kappa shape index (κ3) is 2.87. The molecule has 0 bridgehead atoms. The maximum absolute atomic E-state index is 9.14. The van der Waals surface area contributed by atoms with E-state index in [1.54, 1.807) is 23.1 Å². The number of aryl methyl sites for hydroxylation is 1. The highest BCUT2D eigenvalue weighted by molar-refractivity contribution is 5.73. The molecule has 136 valence electrons. The summed E-state index contributed by atoms with van der Waals surface area (Å²) < 4.78 is 3.59. The van der Waals surface area contributed by atoms with Crippen LogP contribution in [0.1, 0.15) is 35.8 Å². The fourth-order valence-electron chi connectivity index (χ4n) is 3.19. The van der Waals surface area contributed by atoms with E-state index in [-0.39, 0.29) is 6.61 Å². The zero-order chi connectivity index (χ0) is 18.4. The monoisotopic (exact) mass is 361 g/mol. The first-order valence-corrected chi connectivity index (χ1v) is 9.06. The lowest BCUT2D eigenvalue weighted by atomic mass is 10.2. The summed E-state index contributed by atoms with van der Waals surface area (Å²) >= 11 is 0. The molecule has 1 N–H and O–H groups in total. The zero-order valence-electron chi connectivity index (χ0n) is 14.9. The summed E-state index contributed by atoms with van der Waals surface area (Å²) in [4.78, 5) is 13.7. The summed E-state index contributed by atoms with van der Waals surface area (Å²) in [6.07, 6.45) is 10.0. The lowest BCUT2D eigenvalue weighted by molar-refractivity contribution is 0.299. The largest absolute Gasteiger partial charge is 0.396 e. The number of hydrogen-bond acceptors (Lipinski definition) is 6. The Labute approximate surface area is 155 Å². The molecule has 8 nitrogen and oxygen atoms in total. The maximum atomic E-state index is 9.14. The van der Waals surface area contributed by atoms with Crippen molar-refractivity contribution in [1.82, 2.24) is 34.3 Å². The Morgan fingerprint density at radius 1 is 1.22 bits per heavy atom. The summed E-state index contributed by atoms with van der Waals surface area (Å²) in [5.74, 6) is 2.05. The molecule has 0 spiro atoms. The van der Waals surface area contributed by atoms with Crippen LogP contribution in [0.5, 0.6) is 0 Å². The molecule has 0 aromatic carbocycles. The van der Waals surface area contributed by atoms with Gasteiger partial charge in [-0.3, -0.25) is 4.98 Å². The summed E-state index contributed by atoms with van der Waals surface area (Å²) in [5.41, 5.74) is 4.34. The van der Waals surface area contributed by atoms with Crippen molar-refractivity contribution in [2.75, 3.05) is 6.61 Å². The Bertz CT molecular complexity index is 1130. The van der Waals surface area contributed by atoms with Crippen LogP contribution in [0.15, 0.2) is 36.9 Å². The van der Waals surface area contributed by atoms with E-state index in [2.05, 4.69) is 15.1 Å². The van der Waals surface area contributed by atoms with Gasteiger partial charge < -0.3 is 5.11 Å². The zero-order valence-corrected chi connectivity index (χ0v) is 14.9. The number of aliphatic hydroxyl groups is 1. The lowest BCUT2D eigenvalue weighted by Crippen LogP contribution is -2.02. The van der Waals surface area contributed by atoms with Gasteiger partial charge in [-0.25, -0.2) is 19.2 Å². The molecule has 4 aromatic rings. The van der Waals surface area contributed by atoms with Gasteiger partial charge in [0, 0.05) is 36.8 Å². The van der Waals surface area contributed by atoms with Gasteiger partial charge in [-0.05, 0) is 43.9 Å². The third-order valence-corrected chi connectivity index (χ3v) is 4.74. The van der Waals surface area contributed by atoms with E-state index >= 15 is 0 Å². The average Bonchev–Trinajstić information content (AvgIpc) is 3.29. The van der Waals surface area contributed by atoms with Crippen LogP contribution in [0.25, 0.3) is 22.7 Å². The average molecular weight is 361 g/mol. The van der Waals surface area contributed by atoms with Gasteiger partial charge in [-0.2, -0.15) is 10.2 Å². The van der Waals surface area contributed by atoms with Gasteiger partial charge in [0.1, 0.15) is 0 Å². The second kappa shape index (κ2) is 6.24. The number of nitrogens with zero attached hydrogens (tertiary/aromatic N) is 7. The summed E-state index contributed by atoms with van der Waals surface area (Å²) in [7, 11) is 0. The van der Waals surface area contributed by atoms with Crippen molar-refractivity contribution in [2.24, 2.45) is 0 Å². The SMILES string of the molecule is Cc1cc(-n2nc(C3CC3)nc2-c2cnn3cc(CCO)cnc23)ccn1. The minimum Gasteiger partial charge on any atom is -0.396 e. The molecule has 4 aromatic heterocycles. The highest BCUT2D eigenvalue weighted by atomic mass is 16.2. The van der Waals surface area contributed by atoms with Crippen LogP contribution in [-0.4, -0.2) is 46.1 Å². The van der Waals surface area contributed by atoms with Gasteiger partial charge >= 0.3 is 0 Å². The van der Waals surface area contributed by atoms with E-state index < -0.39 is 0 Å². The van der Waals surface area contributed by atoms with Crippen LogP contribution < -0.4 is 0 Å². The standard InChI is InChI=1S/C19H19N7O/c1-12-8-15(4-6-20-12)26-19(23-17(24-26)14-2-3-14)16-10-22-25-11-13(5-7-27)9-21-18(16)25/h4,6,8-11,14,27H,2-3,5,7H2,1H3. The van der Waals surface area contributed by atoms with Crippen LogP contribution in [0.4, 0.5) is 0 Å². The Hall–Kier alpha value is -3.13. The summed E-state index contributed by atoms with van der Waals surface area (Å²) in [6.45, 7) is 2.04. The molecular formula is C19H19N7O. The first kappa shape index (κ1) is 16.1. The quantitative estimate of drug-likeness (QED) is 0.585. The van der Waals surface area contributed by atoms with Crippen LogP contribution in [0.3, 0.4) is 0 Å². The summed E-state index contributed by atoms with van der Waals surface area (Å²) in [5, 5.41) is 18.3. The Kier molecular flexibility index (Phi) is 3.71. The molecule has 0 aliphatic heterocycles. The topological polar surface area (TPSA) is 94.0 Å². The van der Waals surface area contributed by atoms with E-state index in [4.69, 9.17) is 15.2 Å². The normalized spacial score (nSPS) is 14.1. The van der Waals surface area contributed by atoms with E-state index in [1.807, 2.05) is 29.9 Å². The minimum absolute atomic E-state index is 0.0851. The van der Waals surface area contributed by atoms with Gasteiger partial charge in [-0.1, -0.05) is 0 Å². The van der Waals surface area contributed by atoms with Crippen molar-refractivity contribution in [3.8, 4) is 17.1 Å². The van der Waals surface area contributed by atoms with Crippen LogP contribution in [0.2, 0.25) is 0 Å². The smallest absolute Gasteiger partial charge is 0.168 e. The predicted molar refractivity (Wildman–Crippen MR) is 98.6 cm³/mol. The molecule has 8 heteroatoms. The highest BCUT2D eigenvalue weighted by Crippen LogP contribution is 2.39. The molecule has 1 aliphatic carbocycles. The van der Waals surface area contributed by atoms with Crippen LogP contribution in [0, 0.1) is 6.92 Å². The molecule has 1 fully saturated rings. The molecule has 1 saturated carbocycles. The van der Waals surface area contributed by atoms with E-state index in [9.17, 15) is 0 Å². The molecule has 5 rings (SSSR count). The molecule has 0 unspecified atom stereocenters. The highest BCUT2D eigenvalue weighted by Gasteiger charge is 2.30. The van der Waals surface area contributed by atoms with Gasteiger partial charge in [0.05, 0.1) is 17.4 Å². The minimum atomic E-state index is 0.0851. The van der Waals surface area contributed by atoms with Crippen molar-refractivity contribution < 1.29 is 5.11 Å². The molecular weight excluding hydrogens is 342 g/mol. The fraction of sp³-hybridized carbons (Fsp3) is 0.316. The van der Waals surface area contributed by atoms with E-state index in [0.717, 1.165) is 52.6 Å². The number of aliphatic hydroxyl groups excluding tert-OH is 1. The van der Waals surface area contributed by atoms with Crippen molar-refractivity contribution in [3.63, 3.8) is 0 Å². The molecule has 0 atom stereocenters. The first-order valence-electron chi connectivity index (χ1n) is 9.06. The number of aromatic nitrogens is 7. The number of hydrogen-bond donors (Lipinski definition) is 1. The van der Waals surface area contributed by atoms with Crippen LogP contribution >= 0.6 is 0 Å². The van der Waals surface area contributed by atoms with E-state index in [1.165, 1.54) is 0 Å². The van der Waals surface area contributed by atoms with Gasteiger partial charge in [0.2, 0.25) is 0 Å². The molecule has 0 saturated heterocycles. The second-order valence-electron chi connectivity index (χ2n) is 6.90. The number of rotatable bonds is 5. The number of fused-ring (bicyclic) bond motifs is 1. The van der Waals surface area contributed by atoms with Crippen molar-refractivity contribution in [2.45, 2.75) is 32.1 Å². The Morgan fingerprint density at radius 2 is 2.11 bits per heavy atom. The van der Waals surface area contributed by atoms with Gasteiger partial charge in [0.25, 0.3) is 0 Å². The van der Waals surface area contributed by atoms with Crippen molar-refractivity contribution in [3.05, 3.63) is 54.0 Å². The molecule has 0 radical (unpaired) electrons. The third-order valence-electron chi connectivity index (χ3n) is 4.74. The second-order valence-corrected chi connectivity index (χ2v) is 6.90. The molecule has 27 heavy (non-hydrogen) atoms.